The Kier molecular flexibility index (Phi) is 5.77. The maximum absolute atomic E-state index is 5.72. The Balaban J connectivity index is 1.56. The number of ether oxygens (including phenoxy) is 2. The number of hydrogen-bond donors (Lipinski definition) is 0. The first-order chi connectivity index (χ1) is 11.8. The van der Waals surface area contributed by atoms with Crippen molar-refractivity contribution in [2.45, 2.75) is 5.16 Å². The molecule has 0 atom stereocenters. The summed E-state index contributed by atoms with van der Waals surface area (Å²) in [6, 6.07) is 15.6. The highest BCUT2D eigenvalue weighted by molar-refractivity contribution is 9.10. The van der Waals surface area contributed by atoms with Gasteiger partial charge >= 0.3 is 0 Å². The fraction of sp³-hybridized carbons (Fsp3) is 0.176. The summed E-state index contributed by atoms with van der Waals surface area (Å²) in [5.74, 6) is 2.46. The molecule has 124 valence electrons. The number of aromatic nitrogens is 3. The van der Waals surface area contributed by atoms with Crippen molar-refractivity contribution in [3.8, 4) is 17.2 Å². The Labute approximate surface area is 153 Å². The van der Waals surface area contributed by atoms with Crippen molar-refractivity contribution in [3.05, 3.63) is 59.3 Å². The van der Waals surface area contributed by atoms with Gasteiger partial charge in [-0.2, -0.15) is 0 Å². The highest BCUT2D eigenvalue weighted by atomic mass is 79.9. The standard InChI is InChI=1S/C17H16BrN3O2S/c1-22-15-8-4-14(5-9-15)21-12-19-20-17(21)24-11-10-23-16-6-2-13(18)3-7-16/h2-9,12H,10-11H2,1H3. The van der Waals surface area contributed by atoms with Crippen molar-refractivity contribution in [1.29, 1.82) is 0 Å². The van der Waals surface area contributed by atoms with E-state index < -0.39 is 0 Å². The SMILES string of the molecule is COc1ccc(-n2cnnc2SCCOc2ccc(Br)cc2)cc1. The molecule has 0 N–H and O–H groups in total. The van der Waals surface area contributed by atoms with Crippen LogP contribution < -0.4 is 9.47 Å². The van der Waals surface area contributed by atoms with Crippen LogP contribution in [0.5, 0.6) is 11.5 Å². The molecule has 0 radical (unpaired) electrons. The largest absolute Gasteiger partial charge is 0.497 e. The lowest BCUT2D eigenvalue weighted by molar-refractivity contribution is 0.344. The predicted molar refractivity (Wildman–Crippen MR) is 98.3 cm³/mol. The van der Waals surface area contributed by atoms with Gasteiger partial charge in [-0.1, -0.05) is 27.7 Å². The second-order valence-electron chi connectivity index (χ2n) is 4.83. The molecule has 0 aliphatic heterocycles. The average Bonchev–Trinajstić information content (AvgIpc) is 3.09. The highest BCUT2D eigenvalue weighted by Gasteiger charge is 2.07. The molecule has 0 unspecified atom stereocenters. The van der Waals surface area contributed by atoms with E-state index in [0.717, 1.165) is 32.6 Å². The van der Waals surface area contributed by atoms with Gasteiger partial charge in [0.2, 0.25) is 0 Å². The van der Waals surface area contributed by atoms with Gasteiger partial charge in [0.25, 0.3) is 0 Å². The van der Waals surface area contributed by atoms with Crippen LogP contribution in [0.2, 0.25) is 0 Å². The van der Waals surface area contributed by atoms with Crippen LogP contribution in [0.25, 0.3) is 5.69 Å². The monoisotopic (exact) mass is 405 g/mol. The third-order valence-corrected chi connectivity index (χ3v) is 4.70. The summed E-state index contributed by atoms with van der Waals surface area (Å²) in [5, 5.41) is 9.01. The zero-order chi connectivity index (χ0) is 16.8. The third-order valence-electron chi connectivity index (χ3n) is 3.26. The van der Waals surface area contributed by atoms with E-state index in [2.05, 4.69) is 26.1 Å². The van der Waals surface area contributed by atoms with E-state index in [9.17, 15) is 0 Å². The number of halogens is 1. The minimum absolute atomic E-state index is 0.599. The van der Waals surface area contributed by atoms with Crippen LogP contribution in [0.1, 0.15) is 0 Å². The van der Waals surface area contributed by atoms with Crippen molar-refractivity contribution >= 4 is 27.7 Å². The van der Waals surface area contributed by atoms with Crippen molar-refractivity contribution in [2.24, 2.45) is 0 Å². The number of nitrogens with zero attached hydrogens (tertiary/aromatic N) is 3. The van der Waals surface area contributed by atoms with Gasteiger partial charge in [-0.3, -0.25) is 4.57 Å². The number of rotatable bonds is 7. The van der Waals surface area contributed by atoms with E-state index in [1.54, 1.807) is 25.2 Å². The fourth-order valence-corrected chi connectivity index (χ4v) is 3.08. The lowest BCUT2D eigenvalue weighted by atomic mass is 10.3. The Bertz CT molecular complexity index is 775. The van der Waals surface area contributed by atoms with E-state index in [0.29, 0.717) is 6.61 Å². The lowest BCUT2D eigenvalue weighted by Crippen LogP contribution is -2.02. The number of benzene rings is 2. The first-order valence-corrected chi connectivity index (χ1v) is 9.10. The topological polar surface area (TPSA) is 49.2 Å². The number of hydrogen-bond acceptors (Lipinski definition) is 5. The van der Waals surface area contributed by atoms with Crippen molar-refractivity contribution in [3.63, 3.8) is 0 Å². The van der Waals surface area contributed by atoms with Gasteiger partial charge in [-0.25, -0.2) is 0 Å². The van der Waals surface area contributed by atoms with Crippen LogP contribution in [0, 0.1) is 0 Å². The molecular formula is C17H16BrN3O2S. The number of methoxy groups -OCH3 is 1. The summed E-state index contributed by atoms with van der Waals surface area (Å²) >= 11 is 5.01. The molecule has 3 aromatic rings. The van der Waals surface area contributed by atoms with Crippen LogP contribution in [-0.2, 0) is 0 Å². The average molecular weight is 406 g/mol. The van der Waals surface area contributed by atoms with E-state index >= 15 is 0 Å². The van der Waals surface area contributed by atoms with Crippen LogP contribution in [0.4, 0.5) is 0 Å². The van der Waals surface area contributed by atoms with Crippen LogP contribution >= 0.6 is 27.7 Å². The predicted octanol–water partition coefficient (Wildman–Crippen LogP) is 4.21. The first-order valence-electron chi connectivity index (χ1n) is 7.32. The van der Waals surface area contributed by atoms with Gasteiger partial charge < -0.3 is 9.47 Å². The lowest BCUT2D eigenvalue weighted by Gasteiger charge is -2.08. The van der Waals surface area contributed by atoms with Gasteiger partial charge in [0.1, 0.15) is 17.8 Å². The molecule has 0 amide bonds. The van der Waals surface area contributed by atoms with E-state index in [1.807, 2.05) is 53.1 Å². The normalized spacial score (nSPS) is 10.6. The maximum atomic E-state index is 5.72. The van der Waals surface area contributed by atoms with Crippen LogP contribution in [0.3, 0.4) is 0 Å². The second kappa shape index (κ2) is 8.21. The summed E-state index contributed by atoms with van der Waals surface area (Å²) in [7, 11) is 1.65. The Hall–Kier alpha value is -1.99. The van der Waals surface area contributed by atoms with Crippen molar-refractivity contribution in [1.82, 2.24) is 14.8 Å². The van der Waals surface area contributed by atoms with E-state index in [-0.39, 0.29) is 0 Å². The molecule has 5 nitrogen and oxygen atoms in total. The zero-order valence-electron chi connectivity index (χ0n) is 13.1. The molecule has 24 heavy (non-hydrogen) atoms. The molecule has 1 aromatic heterocycles. The summed E-state index contributed by atoms with van der Waals surface area (Å²) < 4.78 is 13.9. The summed E-state index contributed by atoms with van der Waals surface area (Å²) in [4.78, 5) is 0. The van der Waals surface area contributed by atoms with Gasteiger partial charge in [-0.05, 0) is 48.5 Å². The molecular weight excluding hydrogens is 390 g/mol. The fourth-order valence-electron chi connectivity index (χ4n) is 2.07. The molecule has 0 aliphatic carbocycles. The van der Waals surface area contributed by atoms with Crippen LogP contribution in [0.15, 0.2) is 64.5 Å². The molecule has 0 saturated carbocycles. The molecule has 0 saturated heterocycles. The Morgan fingerprint density at radius 1 is 1.04 bits per heavy atom. The summed E-state index contributed by atoms with van der Waals surface area (Å²) in [6.45, 7) is 0.599. The molecule has 2 aromatic carbocycles. The Morgan fingerprint density at radius 3 is 2.46 bits per heavy atom. The molecule has 0 fully saturated rings. The quantitative estimate of drug-likeness (QED) is 0.435. The Morgan fingerprint density at radius 2 is 1.75 bits per heavy atom. The zero-order valence-corrected chi connectivity index (χ0v) is 15.5. The van der Waals surface area contributed by atoms with Crippen molar-refractivity contribution < 1.29 is 9.47 Å². The minimum atomic E-state index is 0.599. The number of thioether (sulfide) groups is 1. The first kappa shape index (κ1) is 16.9. The molecule has 3 rings (SSSR count). The van der Waals surface area contributed by atoms with Gasteiger partial charge in [-0.15, -0.1) is 10.2 Å². The third kappa shape index (κ3) is 4.30. The molecule has 1 heterocycles. The van der Waals surface area contributed by atoms with Gasteiger partial charge in [0, 0.05) is 15.9 Å². The van der Waals surface area contributed by atoms with Crippen molar-refractivity contribution in [2.75, 3.05) is 19.5 Å². The second-order valence-corrected chi connectivity index (χ2v) is 6.81. The van der Waals surface area contributed by atoms with E-state index in [1.165, 1.54) is 0 Å². The molecule has 7 heteroatoms. The highest BCUT2D eigenvalue weighted by Crippen LogP contribution is 2.22. The van der Waals surface area contributed by atoms with Crippen LogP contribution in [-0.4, -0.2) is 34.2 Å². The minimum Gasteiger partial charge on any atom is -0.497 e. The van der Waals surface area contributed by atoms with E-state index in [4.69, 9.17) is 9.47 Å². The van der Waals surface area contributed by atoms with Gasteiger partial charge in [0.05, 0.1) is 13.7 Å². The molecule has 0 aliphatic rings. The molecule has 0 spiro atoms. The summed E-state index contributed by atoms with van der Waals surface area (Å²) in [6.07, 6.45) is 1.71. The molecule has 0 bridgehead atoms. The smallest absolute Gasteiger partial charge is 0.195 e. The van der Waals surface area contributed by atoms with Gasteiger partial charge in [0.15, 0.2) is 5.16 Å². The maximum Gasteiger partial charge on any atom is 0.195 e. The summed E-state index contributed by atoms with van der Waals surface area (Å²) in [5.41, 5.74) is 0.997.